The van der Waals surface area contributed by atoms with Crippen LogP contribution in [-0.2, 0) is 19.2 Å². The lowest BCUT2D eigenvalue weighted by Crippen LogP contribution is -2.38. The predicted octanol–water partition coefficient (Wildman–Crippen LogP) is 2.15. The summed E-state index contributed by atoms with van der Waals surface area (Å²) in [7, 11) is 1.71. The number of rotatable bonds is 7. The Labute approximate surface area is 242 Å². The van der Waals surface area contributed by atoms with Crippen LogP contribution in [0.1, 0.15) is 66.7 Å². The van der Waals surface area contributed by atoms with Crippen LogP contribution in [0.4, 0.5) is 8.78 Å². The molecule has 232 valence electrons. The zero-order valence-electron chi connectivity index (χ0n) is 25.3. The molecule has 0 bridgehead atoms. The Morgan fingerprint density at radius 2 is 1.73 bits per heavy atom. The number of amides is 4. The summed E-state index contributed by atoms with van der Waals surface area (Å²) < 4.78 is 24.3. The number of carbonyl (C=O) groups excluding carboxylic acids is 4. The highest BCUT2D eigenvalue weighted by molar-refractivity contribution is 5.83. The molecule has 5 rings (SSSR count). The maximum atomic E-state index is 12.2. The predicted molar refractivity (Wildman–Crippen MR) is 150 cm³/mol. The first-order valence-corrected chi connectivity index (χ1v) is 14.5. The third-order valence-corrected chi connectivity index (χ3v) is 8.37. The molecule has 3 saturated heterocycles. The number of fused-ring (bicyclic) bond motifs is 1. The Balaban J connectivity index is 0.000000209. The first-order valence-electron chi connectivity index (χ1n) is 14.5. The van der Waals surface area contributed by atoms with Gasteiger partial charge in [0.2, 0.25) is 24.6 Å². The maximum Gasteiger partial charge on any atom is 0.261 e. The summed E-state index contributed by atoms with van der Waals surface area (Å²) in [5.41, 5.74) is 0.484. The number of carbonyl (C=O) groups is 4. The summed E-state index contributed by atoms with van der Waals surface area (Å²) in [4.78, 5) is 46.8. The van der Waals surface area contributed by atoms with Crippen molar-refractivity contribution < 1.29 is 28.0 Å². The van der Waals surface area contributed by atoms with Crippen molar-refractivity contribution in [1.82, 2.24) is 25.8 Å². The average molecular weight is 583 g/mol. The number of alkyl halides is 2. The summed E-state index contributed by atoms with van der Waals surface area (Å²) >= 11 is 0. The van der Waals surface area contributed by atoms with Crippen molar-refractivity contribution >= 4 is 24.6 Å². The van der Waals surface area contributed by atoms with Gasteiger partial charge in [0, 0.05) is 37.5 Å². The van der Waals surface area contributed by atoms with Crippen molar-refractivity contribution in [2.24, 2.45) is 29.1 Å². The number of nitriles is 1. The van der Waals surface area contributed by atoms with Crippen molar-refractivity contribution in [2.75, 3.05) is 39.8 Å². The monoisotopic (exact) mass is 582 g/mol. The van der Waals surface area contributed by atoms with E-state index < -0.39 is 12.0 Å². The first kappa shape index (κ1) is 34.4. The van der Waals surface area contributed by atoms with E-state index in [4.69, 9.17) is 5.26 Å². The van der Waals surface area contributed by atoms with Gasteiger partial charge in [-0.25, -0.2) is 8.78 Å². The molecule has 4 unspecified atom stereocenters. The minimum absolute atomic E-state index is 0.0282. The summed E-state index contributed by atoms with van der Waals surface area (Å²) in [6.07, 6.45) is 4.43. The van der Waals surface area contributed by atoms with Crippen molar-refractivity contribution in [2.45, 2.75) is 84.2 Å². The minimum Gasteiger partial charge on any atom is -0.350 e. The Morgan fingerprint density at radius 1 is 1.15 bits per heavy atom. The van der Waals surface area contributed by atoms with Crippen LogP contribution in [-0.4, -0.2) is 91.7 Å². The van der Waals surface area contributed by atoms with Crippen molar-refractivity contribution in [3.63, 3.8) is 0 Å². The molecule has 2 aliphatic carbocycles. The molecular formula is C29H48F2N6O4. The number of nitrogens with zero attached hydrogens (tertiary/aromatic N) is 3. The highest BCUT2D eigenvalue weighted by atomic mass is 19.3. The van der Waals surface area contributed by atoms with Crippen LogP contribution in [0, 0.1) is 40.4 Å². The van der Waals surface area contributed by atoms with Gasteiger partial charge in [-0.05, 0) is 55.9 Å². The lowest BCUT2D eigenvalue weighted by Gasteiger charge is -2.21. The topological polar surface area (TPSA) is 135 Å². The summed E-state index contributed by atoms with van der Waals surface area (Å²) in [6, 6.07) is 1.43. The van der Waals surface area contributed by atoms with Crippen LogP contribution < -0.4 is 16.0 Å². The fourth-order valence-corrected chi connectivity index (χ4v) is 5.66. The standard InChI is InChI=1S/C10H13N3O2.C10H16N2O2.C5H9F2N.C4H10/c11-5-8(12-6-14)3-7-4-10(1-2-10)13-9(7)15;1-10(2)7-4-12(5-8(7)10)9(14)3-11-6-13;1-8-3-2-5(6,7)4-8;1-4(2)3/h6-8H,1-4H2,(H,12,14)(H,13,15);6-8H,3-5H2,1-2H3,(H,11,13);2-4H2,1H3;4H,1-3H3. The largest absolute Gasteiger partial charge is 0.350 e. The van der Waals surface area contributed by atoms with Crippen LogP contribution in [0.3, 0.4) is 0 Å². The number of hydrogen-bond acceptors (Lipinski definition) is 6. The molecule has 0 aromatic carbocycles. The van der Waals surface area contributed by atoms with Gasteiger partial charge in [0.15, 0.2) is 0 Å². The molecule has 10 nitrogen and oxygen atoms in total. The second kappa shape index (κ2) is 14.4. The lowest BCUT2D eigenvalue weighted by atomic mass is 9.96. The van der Waals surface area contributed by atoms with Gasteiger partial charge in [-0.3, -0.25) is 19.2 Å². The van der Waals surface area contributed by atoms with Crippen molar-refractivity contribution in [3.05, 3.63) is 0 Å². The Morgan fingerprint density at radius 3 is 2.10 bits per heavy atom. The van der Waals surface area contributed by atoms with E-state index in [0.29, 0.717) is 43.0 Å². The van der Waals surface area contributed by atoms with Gasteiger partial charge >= 0.3 is 0 Å². The van der Waals surface area contributed by atoms with E-state index in [1.165, 1.54) is 0 Å². The fraction of sp³-hybridized carbons (Fsp3) is 0.828. The first-order chi connectivity index (χ1) is 19.1. The van der Waals surface area contributed by atoms with E-state index in [9.17, 15) is 28.0 Å². The van der Waals surface area contributed by atoms with E-state index in [-0.39, 0.29) is 42.8 Å². The summed E-state index contributed by atoms with van der Waals surface area (Å²) in [6.45, 7) is 13.4. The molecule has 3 aliphatic heterocycles. The van der Waals surface area contributed by atoms with Gasteiger partial charge in [-0.2, -0.15) is 5.26 Å². The van der Waals surface area contributed by atoms with Crippen molar-refractivity contribution in [1.29, 1.82) is 5.26 Å². The highest BCUT2D eigenvalue weighted by Crippen LogP contribution is 2.61. The van der Waals surface area contributed by atoms with Gasteiger partial charge in [0.25, 0.3) is 5.92 Å². The molecule has 4 atom stereocenters. The van der Waals surface area contributed by atoms with E-state index in [1.807, 2.05) is 11.0 Å². The van der Waals surface area contributed by atoms with E-state index in [2.05, 4.69) is 50.6 Å². The molecule has 1 spiro atoms. The quantitative estimate of drug-likeness (QED) is 0.394. The molecule has 41 heavy (non-hydrogen) atoms. The second-order valence-electron chi connectivity index (χ2n) is 13.3. The van der Waals surface area contributed by atoms with Crippen LogP contribution in [0.2, 0.25) is 0 Å². The minimum atomic E-state index is -2.41. The summed E-state index contributed by atoms with van der Waals surface area (Å²) in [5.74, 6) is -0.259. The van der Waals surface area contributed by atoms with Gasteiger partial charge in [-0.15, -0.1) is 0 Å². The van der Waals surface area contributed by atoms with E-state index >= 15 is 0 Å². The van der Waals surface area contributed by atoms with Crippen LogP contribution >= 0.6 is 0 Å². The molecular weight excluding hydrogens is 534 g/mol. The molecule has 2 saturated carbocycles. The number of likely N-dealkylation sites (tertiary alicyclic amines) is 2. The third-order valence-electron chi connectivity index (χ3n) is 8.37. The highest BCUT2D eigenvalue weighted by Gasteiger charge is 2.62. The van der Waals surface area contributed by atoms with E-state index in [1.54, 1.807) is 11.9 Å². The number of hydrogen-bond donors (Lipinski definition) is 3. The SMILES string of the molecule is CC(C)C.CC1(C)C2CN(C(=O)CNC=O)CC21.CN1CCC(F)(F)C1.N#CC(CC1CC2(CC2)NC1=O)NC=O. The third kappa shape index (κ3) is 10.5. The fourth-order valence-electron chi connectivity index (χ4n) is 5.66. The van der Waals surface area contributed by atoms with Gasteiger partial charge < -0.3 is 25.8 Å². The molecule has 3 N–H and O–H groups in total. The van der Waals surface area contributed by atoms with Crippen molar-refractivity contribution in [3.8, 4) is 6.07 Å². The average Bonchev–Trinajstić information content (AvgIpc) is 3.46. The van der Waals surface area contributed by atoms with Crippen LogP contribution in [0.15, 0.2) is 0 Å². The van der Waals surface area contributed by atoms with Crippen LogP contribution in [0.25, 0.3) is 0 Å². The van der Waals surface area contributed by atoms with Gasteiger partial charge in [0.1, 0.15) is 6.04 Å². The Bertz CT molecular complexity index is 949. The molecule has 0 aromatic heterocycles. The van der Waals surface area contributed by atoms with Gasteiger partial charge in [0.05, 0.1) is 19.2 Å². The zero-order chi connectivity index (χ0) is 31.0. The molecule has 3 heterocycles. The van der Waals surface area contributed by atoms with Gasteiger partial charge in [-0.1, -0.05) is 34.6 Å². The Kier molecular flexibility index (Phi) is 12.1. The van der Waals surface area contributed by atoms with E-state index in [0.717, 1.165) is 38.3 Å². The molecule has 5 fully saturated rings. The molecule has 5 aliphatic rings. The molecule has 0 aromatic rings. The molecule has 12 heteroatoms. The summed E-state index contributed by atoms with van der Waals surface area (Å²) in [5, 5.41) is 16.5. The maximum absolute atomic E-state index is 12.2. The second-order valence-corrected chi connectivity index (χ2v) is 13.3. The molecule has 0 radical (unpaired) electrons. The molecule has 4 amide bonds. The smallest absolute Gasteiger partial charge is 0.261 e. The number of piperidine rings is 1. The Hall–Kier alpha value is -2.81. The zero-order valence-corrected chi connectivity index (χ0v) is 25.3. The van der Waals surface area contributed by atoms with Crippen LogP contribution in [0.5, 0.6) is 0 Å². The normalized spacial score (nSPS) is 27.8. The number of halogens is 2. The number of nitrogens with one attached hydrogen (secondary N) is 3. The lowest BCUT2D eigenvalue weighted by molar-refractivity contribution is -0.131.